The molecule has 0 saturated heterocycles. The van der Waals surface area contributed by atoms with Gasteiger partial charge in [0, 0.05) is 34.6 Å². The van der Waals surface area contributed by atoms with Crippen LogP contribution in [0.25, 0.3) is 5.69 Å². The van der Waals surface area contributed by atoms with Crippen molar-refractivity contribution in [2.24, 2.45) is 16.3 Å². The lowest BCUT2D eigenvalue weighted by atomic mass is 9.63. The van der Waals surface area contributed by atoms with Crippen molar-refractivity contribution >= 4 is 17.3 Å². The van der Waals surface area contributed by atoms with Crippen molar-refractivity contribution in [1.82, 2.24) is 9.78 Å². The van der Waals surface area contributed by atoms with Crippen LogP contribution in [0.4, 0.5) is 5.82 Å². The number of hydrogen-bond acceptors (Lipinski definition) is 5. The van der Waals surface area contributed by atoms with E-state index in [0.29, 0.717) is 6.42 Å². The van der Waals surface area contributed by atoms with Crippen LogP contribution in [0.5, 0.6) is 11.5 Å². The molecule has 1 fully saturated rings. The summed E-state index contributed by atoms with van der Waals surface area (Å²) in [5.74, 6) is 1.86. The summed E-state index contributed by atoms with van der Waals surface area (Å²) in [7, 11) is 3.34. The van der Waals surface area contributed by atoms with Gasteiger partial charge in [-0.25, -0.2) is 9.67 Å². The van der Waals surface area contributed by atoms with E-state index >= 15 is 0 Å². The topological polar surface area (TPSA) is 65.7 Å². The molecule has 0 bridgehead atoms. The minimum atomic E-state index is -0.366. The van der Waals surface area contributed by atoms with E-state index in [2.05, 4.69) is 66.7 Å². The molecule has 0 radical (unpaired) electrons. The molecule has 2 heterocycles. The Balaban J connectivity index is 1.89. The molecule has 0 N–H and O–H groups in total. The SMILES string of the molecule is COc1ccc(OC)c(C2c3c(C(C)(C)C)nn(-c4ccc(C)cc4C)c3N=C3CC(C)(C)CC(=O)C32)c1. The lowest BCUT2D eigenvalue weighted by Crippen LogP contribution is -2.43. The molecule has 1 aliphatic heterocycles. The Kier molecular flexibility index (Phi) is 6.28. The van der Waals surface area contributed by atoms with Crippen LogP contribution in [0.3, 0.4) is 0 Å². The molecule has 1 aliphatic carbocycles. The van der Waals surface area contributed by atoms with Gasteiger partial charge in [-0.3, -0.25) is 4.79 Å². The molecular formula is C32H39N3O3. The summed E-state index contributed by atoms with van der Waals surface area (Å²) >= 11 is 0. The van der Waals surface area contributed by atoms with Gasteiger partial charge in [0.25, 0.3) is 0 Å². The number of benzene rings is 2. The first-order valence-electron chi connectivity index (χ1n) is 13.4. The predicted molar refractivity (Wildman–Crippen MR) is 152 cm³/mol. The van der Waals surface area contributed by atoms with E-state index in [1.807, 2.05) is 22.9 Å². The Morgan fingerprint density at radius 1 is 0.974 bits per heavy atom. The number of nitrogens with zero attached hydrogens (tertiary/aromatic N) is 3. The van der Waals surface area contributed by atoms with Crippen molar-refractivity contribution in [3.63, 3.8) is 0 Å². The number of Topliss-reactive ketones (excluding diaryl/α,β-unsaturated/α-hetero) is 1. The number of aromatic nitrogens is 2. The molecule has 0 spiro atoms. The van der Waals surface area contributed by atoms with Gasteiger partial charge in [0.15, 0.2) is 5.82 Å². The monoisotopic (exact) mass is 513 g/mol. The van der Waals surface area contributed by atoms with Gasteiger partial charge in [0.2, 0.25) is 0 Å². The molecule has 1 saturated carbocycles. The maximum absolute atomic E-state index is 13.9. The van der Waals surface area contributed by atoms with E-state index in [1.54, 1.807) is 14.2 Å². The van der Waals surface area contributed by atoms with Crippen molar-refractivity contribution in [2.75, 3.05) is 14.2 Å². The van der Waals surface area contributed by atoms with Crippen LogP contribution in [0, 0.1) is 25.2 Å². The number of hydrogen-bond donors (Lipinski definition) is 0. The Labute approximate surface area is 226 Å². The minimum Gasteiger partial charge on any atom is -0.497 e. The third-order valence-corrected chi connectivity index (χ3v) is 7.87. The van der Waals surface area contributed by atoms with E-state index in [9.17, 15) is 4.79 Å². The van der Waals surface area contributed by atoms with Gasteiger partial charge in [0.1, 0.15) is 17.3 Å². The average molecular weight is 514 g/mol. The smallest absolute Gasteiger partial charge is 0.159 e. The van der Waals surface area contributed by atoms with Crippen LogP contribution in [0.15, 0.2) is 41.4 Å². The van der Waals surface area contributed by atoms with E-state index in [0.717, 1.165) is 57.5 Å². The molecule has 6 nitrogen and oxygen atoms in total. The van der Waals surface area contributed by atoms with Crippen molar-refractivity contribution in [3.8, 4) is 17.2 Å². The van der Waals surface area contributed by atoms with Gasteiger partial charge in [-0.1, -0.05) is 52.3 Å². The lowest BCUT2D eigenvalue weighted by molar-refractivity contribution is -0.124. The van der Waals surface area contributed by atoms with E-state index in [-0.39, 0.29) is 28.4 Å². The van der Waals surface area contributed by atoms with Crippen LogP contribution >= 0.6 is 0 Å². The largest absolute Gasteiger partial charge is 0.497 e. The number of fused-ring (bicyclic) bond motifs is 2. The maximum Gasteiger partial charge on any atom is 0.159 e. The highest BCUT2D eigenvalue weighted by Gasteiger charge is 2.49. The highest BCUT2D eigenvalue weighted by Crippen LogP contribution is 2.54. The zero-order valence-corrected chi connectivity index (χ0v) is 24.1. The Bertz CT molecular complexity index is 1460. The second-order valence-corrected chi connectivity index (χ2v) is 12.7. The van der Waals surface area contributed by atoms with Crippen LogP contribution < -0.4 is 9.47 Å². The molecule has 38 heavy (non-hydrogen) atoms. The van der Waals surface area contributed by atoms with Crippen molar-refractivity contribution < 1.29 is 14.3 Å². The van der Waals surface area contributed by atoms with Gasteiger partial charge in [-0.2, -0.15) is 5.10 Å². The zero-order chi connectivity index (χ0) is 27.6. The minimum absolute atomic E-state index is 0.148. The molecule has 1 aromatic heterocycles. The summed E-state index contributed by atoms with van der Waals surface area (Å²) in [4.78, 5) is 19.2. The number of aryl methyl sites for hydroxylation is 2. The second-order valence-electron chi connectivity index (χ2n) is 12.7. The van der Waals surface area contributed by atoms with Crippen molar-refractivity contribution in [1.29, 1.82) is 0 Å². The highest BCUT2D eigenvalue weighted by atomic mass is 16.5. The molecule has 2 aromatic carbocycles. The van der Waals surface area contributed by atoms with E-state index < -0.39 is 0 Å². The summed E-state index contributed by atoms with van der Waals surface area (Å²) < 4.78 is 13.5. The Hall–Kier alpha value is -3.41. The number of rotatable bonds is 4. The molecular weight excluding hydrogens is 474 g/mol. The Morgan fingerprint density at radius 3 is 2.34 bits per heavy atom. The molecule has 3 aromatic rings. The van der Waals surface area contributed by atoms with Gasteiger partial charge in [-0.05, 0) is 55.5 Å². The predicted octanol–water partition coefficient (Wildman–Crippen LogP) is 7.03. The molecule has 200 valence electrons. The number of methoxy groups -OCH3 is 2. The first-order valence-corrected chi connectivity index (χ1v) is 13.4. The Morgan fingerprint density at radius 2 is 1.71 bits per heavy atom. The van der Waals surface area contributed by atoms with Crippen LogP contribution in [-0.2, 0) is 10.2 Å². The number of carbonyl (C=O) groups is 1. The first kappa shape index (κ1) is 26.2. The first-order chi connectivity index (χ1) is 17.8. The molecule has 2 atom stereocenters. The van der Waals surface area contributed by atoms with E-state index in [4.69, 9.17) is 19.6 Å². The third-order valence-electron chi connectivity index (χ3n) is 7.87. The molecule has 2 unspecified atom stereocenters. The summed E-state index contributed by atoms with van der Waals surface area (Å²) in [6.45, 7) is 15.0. The highest BCUT2D eigenvalue weighted by molar-refractivity contribution is 6.11. The molecule has 5 rings (SSSR count). The number of ketones is 1. The van der Waals surface area contributed by atoms with Gasteiger partial charge >= 0.3 is 0 Å². The van der Waals surface area contributed by atoms with E-state index in [1.165, 1.54) is 5.56 Å². The van der Waals surface area contributed by atoms with Gasteiger partial charge < -0.3 is 9.47 Å². The molecule has 2 aliphatic rings. The zero-order valence-electron chi connectivity index (χ0n) is 24.1. The summed E-state index contributed by atoms with van der Waals surface area (Å²) in [5.41, 5.74) is 6.73. The van der Waals surface area contributed by atoms with Gasteiger partial charge in [-0.15, -0.1) is 0 Å². The molecule has 0 amide bonds. The van der Waals surface area contributed by atoms with Crippen LogP contribution in [0.2, 0.25) is 0 Å². The molecule has 6 heteroatoms. The van der Waals surface area contributed by atoms with Crippen molar-refractivity contribution in [2.45, 2.75) is 72.6 Å². The fourth-order valence-corrected chi connectivity index (χ4v) is 6.22. The quantitative estimate of drug-likeness (QED) is 0.376. The van der Waals surface area contributed by atoms with Crippen molar-refractivity contribution in [3.05, 3.63) is 64.3 Å². The number of carbonyl (C=O) groups excluding carboxylic acids is 1. The van der Waals surface area contributed by atoms with Crippen LogP contribution in [0.1, 0.15) is 81.3 Å². The lowest BCUT2D eigenvalue weighted by Gasteiger charge is -2.41. The van der Waals surface area contributed by atoms with Gasteiger partial charge in [0.05, 0.1) is 31.5 Å². The summed E-state index contributed by atoms with van der Waals surface area (Å²) in [5, 5.41) is 5.24. The van der Waals surface area contributed by atoms with Crippen LogP contribution in [-0.4, -0.2) is 35.5 Å². The summed E-state index contributed by atoms with van der Waals surface area (Å²) in [6.07, 6.45) is 1.28. The fourth-order valence-electron chi connectivity index (χ4n) is 6.22. The third kappa shape index (κ3) is 4.34. The normalized spacial score (nSPS) is 20.4. The number of aliphatic imine (C=N–C) groups is 1. The standard InChI is InChI=1S/C32H39N3O3/c1-18-10-12-23(19(2)14-18)35-30-28(29(34-35)31(3,4)5)26(21-15-20(37-8)11-13-25(21)38-9)27-22(33-30)16-32(6,7)17-24(27)36/h10-15,26-27H,16-17H2,1-9H3. The maximum atomic E-state index is 13.9. The summed E-state index contributed by atoms with van der Waals surface area (Å²) in [6, 6.07) is 12.3. The average Bonchev–Trinajstić information content (AvgIpc) is 3.21. The second kappa shape index (κ2) is 9.11. The number of ether oxygens (including phenoxy) is 2. The fraction of sp³-hybridized carbons (Fsp3) is 0.469.